The summed E-state index contributed by atoms with van der Waals surface area (Å²) in [7, 11) is 0. The number of aromatic nitrogens is 3. The first-order valence-corrected chi connectivity index (χ1v) is 10.0. The van der Waals surface area contributed by atoms with Crippen LogP contribution in [0.15, 0.2) is 30.9 Å². The molecule has 1 aromatic heterocycles. The van der Waals surface area contributed by atoms with Crippen LogP contribution in [0.25, 0.3) is 0 Å². The van der Waals surface area contributed by atoms with E-state index in [1.54, 1.807) is 12.7 Å². The molecule has 4 rings (SSSR count). The predicted octanol–water partition coefficient (Wildman–Crippen LogP) is 2.18. The van der Waals surface area contributed by atoms with Crippen LogP contribution >= 0.6 is 0 Å². The van der Waals surface area contributed by atoms with Crippen LogP contribution in [0.3, 0.4) is 0 Å². The topological polar surface area (TPSA) is 81.5 Å². The lowest BCUT2D eigenvalue weighted by Gasteiger charge is -2.31. The molecule has 0 spiro atoms. The molecule has 0 atom stereocenters. The van der Waals surface area contributed by atoms with Crippen LogP contribution in [0.4, 0.5) is 5.69 Å². The molecule has 150 valence electrons. The molecule has 1 fully saturated rings. The summed E-state index contributed by atoms with van der Waals surface area (Å²) in [5.41, 5.74) is 0.762. The summed E-state index contributed by atoms with van der Waals surface area (Å²) < 4.78 is 13.1. The minimum absolute atomic E-state index is 0.0618. The molecule has 1 saturated heterocycles. The van der Waals surface area contributed by atoms with E-state index in [4.69, 9.17) is 9.47 Å². The maximum atomic E-state index is 12.3. The fourth-order valence-electron chi connectivity index (χ4n) is 3.77. The molecule has 0 aliphatic carbocycles. The van der Waals surface area contributed by atoms with Gasteiger partial charge in [-0.15, -0.1) is 10.2 Å². The molecule has 1 aromatic carbocycles. The molecule has 1 N–H and O–H groups in total. The summed E-state index contributed by atoms with van der Waals surface area (Å²) in [5, 5.41) is 10.6. The van der Waals surface area contributed by atoms with E-state index in [1.165, 1.54) is 0 Å². The molecule has 0 bridgehead atoms. The number of benzene rings is 1. The van der Waals surface area contributed by atoms with Crippen molar-refractivity contribution in [1.82, 2.24) is 19.7 Å². The Morgan fingerprint density at radius 3 is 2.61 bits per heavy atom. The normalized spacial score (nSPS) is 17.4. The maximum Gasteiger partial charge on any atom is 0.224 e. The lowest BCUT2D eigenvalue weighted by molar-refractivity contribution is -0.116. The van der Waals surface area contributed by atoms with Crippen LogP contribution < -0.4 is 14.8 Å². The predicted molar refractivity (Wildman–Crippen MR) is 104 cm³/mol. The van der Waals surface area contributed by atoms with Crippen LogP contribution in [0.5, 0.6) is 11.5 Å². The SMILES string of the molecule is O=C(CCC1CCN(CCn2cnnc2)CC1)Nc1ccc2c(c1)OCCO2. The number of nitrogens with one attached hydrogen (secondary N) is 1. The van der Waals surface area contributed by atoms with Gasteiger partial charge in [-0.05, 0) is 50.4 Å². The van der Waals surface area contributed by atoms with Crippen molar-refractivity contribution in [3.8, 4) is 11.5 Å². The molecular weight excluding hydrogens is 358 g/mol. The van der Waals surface area contributed by atoms with Gasteiger partial charge in [0.2, 0.25) is 5.91 Å². The smallest absolute Gasteiger partial charge is 0.224 e. The van der Waals surface area contributed by atoms with Gasteiger partial charge in [0.05, 0.1) is 0 Å². The lowest BCUT2D eigenvalue weighted by Crippen LogP contribution is -2.36. The van der Waals surface area contributed by atoms with Gasteiger partial charge in [0.25, 0.3) is 0 Å². The third kappa shape index (κ3) is 5.01. The largest absolute Gasteiger partial charge is 0.486 e. The van der Waals surface area contributed by atoms with Gasteiger partial charge in [-0.2, -0.15) is 0 Å². The highest BCUT2D eigenvalue weighted by atomic mass is 16.6. The molecule has 2 aliphatic heterocycles. The highest BCUT2D eigenvalue weighted by molar-refractivity contribution is 5.91. The molecule has 0 unspecified atom stereocenters. The van der Waals surface area contributed by atoms with Crippen LogP contribution in [0, 0.1) is 5.92 Å². The number of piperidine rings is 1. The first kappa shape index (κ1) is 18.7. The van der Waals surface area contributed by atoms with Crippen molar-refractivity contribution in [2.75, 3.05) is 38.2 Å². The summed E-state index contributed by atoms with van der Waals surface area (Å²) in [6.45, 7) is 5.25. The Morgan fingerprint density at radius 1 is 1.07 bits per heavy atom. The molecule has 28 heavy (non-hydrogen) atoms. The van der Waals surface area contributed by atoms with E-state index in [0.29, 0.717) is 31.3 Å². The van der Waals surface area contributed by atoms with Gasteiger partial charge in [0.15, 0.2) is 11.5 Å². The van der Waals surface area contributed by atoms with Gasteiger partial charge in [0.1, 0.15) is 25.9 Å². The third-order valence-electron chi connectivity index (χ3n) is 5.45. The number of anilines is 1. The lowest BCUT2D eigenvalue weighted by atomic mass is 9.92. The second-order valence-corrected chi connectivity index (χ2v) is 7.43. The fraction of sp³-hybridized carbons (Fsp3) is 0.550. The minimum Gasteiger partial charge on any atom is -0.486 e. The molecule has 0 radical (unpaired) electrons. The summed E-state index contributed by atoms with van der Waals surface area (Å²) in [5.74, 6) is 2.12. The first-order valence-electron chi connectivity index (χ1n) is 10.0. The average molecular weight is 385 g/mol. The van der Waals surface area contributed by atoms with E-state index < -0.39 is 0 Å². The number of hydrogen-bond acceptors (Lipinski definition) is 6. The number of fused-ring (bicyclic) bond motifs is 1. The molecule has 3 heterocycles. The van der Waals surface area contributed by atoms with Crippen molar-refractivity contribution in [2.24, 2.45) is 5.92 Å². The highest BCUT2D eigenvalue weighted by Crippen LogP contribution is 2.32. The van der Waals surface area contributed by atoms with Gasteiger partial charge in [0, 0.05) is 31.3 Å². The van der Waals surface area contributed by atoms with Crippen molar-refractivity contribution < 1.29 is 14.3 Å². The molecular formula is C20H27N5O3. The van der Waals surface area contributed by atoms with E-state index in [-0.39, 0.29) is 5.91 Å². The number of rotatable bonds is 7. The number of amides is 1. The molecule has 0 saturated carbocycles. The monoisotopic (exact) mass is 385 g/mol. The summed E-state index contributed by atoms with van der Waals surface area (Å²) in [6.07, 6.45) is 7.31. The van der Waals surface area contributed by atoms with Crippen molar-refractivity contribution >= 4 is 11.6 Å². The van der Waals surface area contributed by atoms with E-state index in [9.17, 15) is 4.79 Å². The van der Waals surface area contributed by atoms with Crippen molar-refractivity contribution in [2.45, 2.75) is 32.2 Å². The van der Waals surface area contributed by atoms with Crippen LogP contribution in [0.1, 0.15) is 25.7 Å². The van der Waals surface area contributed by atoms with E-state index in [0.717, 1.165) is 56.9 Å². The van der Waals surface area contributed by atoms with Crippen molar-refractivity contribution in [3.63, 3.8) is 0 Å². The van der Waals surface area contributed by atoms with Crippen LogP contribution in [-0.4, -0.2) is 58.4 Å². The van der Waals surface area contributed by atoms with Crippen molar-refractivity contribution in [1.29, 1.82) is 0 Å². The third-order valence-corrected chi connectivity index (χ3v) is 5.45. The number of likely N-dealkylation sites (tertiary alicyclic amines) is 1. The van der Waals surface area contributed by atoms with E-state index in [1.807, 2.05) is 22.8 Å². The van der Waals surface area contributed by atoms with Crippen LogP contribution in [-0.2, 0) is 11.3 Å². The Balaban J connectivity index is 1.15. The summed E-state index contributed by atoms with van der Waals surface area (Å²) in [4.78, 5) is 14.8. The first-order chi connectivity index (χ1) is 13.8. The van der Waals surface area contributed by atoms with E-state index >= 15 is 0 Å². The van der Waals surface area contributed by atoms with Gasteiger partial charge >= 0.3 is 0 Å². The second-order valence-electron chi connectivity index (χ2n) is 7.43. The van der Waals surface area contributed by atoms with Gasteiger partial charge in [-0.25, -0.2) is 0 Å². The Bertz CT molecular complexity index is 772. The highest BCUT2D eigenvalue weighted by Gasteiger charge is 2.20. The van der Waals surface area contributed by atoms with Crippen LogP contribution in [0.2, 0.25) is 0 Å². The number of carbonyl (C=O) groups excluding carboxylic acids is 1. The quantitative estimate of drug-likeness (QED) is 0.787. The second kappa shape index (κ2) is 9.05. The van der Waals surface area contributed by atoms with E-state index in [2.05, 4.69) is 20.4 Å². The fourth-order valence-corrected chi connectivity index (χ4v) is 3.77. The number of hydrogen-bond donors (Lipinski definition) is 1. The number of nitrogens with zero attached hydrogens (tertiary/aromatic N) is 4. The van der Waals surface area contributed by atoms with Gasteiger partial charge in [-0.3, -0.25) is 4.79 Å². The Labute approximate surface area is 164 Å². The zero-order chi connectivity index (χ0) is 19.2. The van der Waals surface area contributed by atoms with Gasteiger partial charge in [-0.1, -0.05) is 0 Å². The standard InChI is InChI=1S/C20H27N5O3/c26-20(23-17-2-3-18-19(13-17)28-12-11-27-18)4-1-16-5-7-24(8-6-16)9-10-25-14-21-22-15-25/h2-3,13-16H,1,4-12H2,(H,23,26). The number of ether oxygens (including phenoxy) is 2. The molecule has 2 aromatic rings. The molecule has 8 heteroatoms. The number of carbonyl (C=O) groups is 1. The summed E-state index contributed by atoms with van der Waals surface area (Å²) >= 11 is 0. The molecule has 8 nitrogen and oxygen atoms in total. The average Bonchev–Trinajstić information content (AvgIpc) is 3.25. The van der Waals surface area contributed by atoms with Gasteiger partial charge < -0.3 is 24.3 Å². The maximum absolute atomic E-state index is 12.3. The summed E-state index contributed by atoms with van der Waals surface area (Å²) in [6, 6.07) is 5.54. The van der Waals surface area contributed by atoms with Crippen molar-refractivity contribution in [3.05, 3.63) is 30.9 Å². The molecule has 1 amide bonds. The minimum atomic E-state index is 0.0618. The zero-order valence-corrected chi connectivity index (χ0v) is 16.0. The Kier molecular flexibility index (Phi) is 6.06. The Morgan fingerprint density at radius 2 is 1.82 bits per heavy atom. The molecule has 2 aliphatic rings. The Hall–Kier alpha value is -2.61. The zero-order valence-electron chi connectivity index (χ0n) is 16.0.